The first kappa shape index (κ1) is 19.5. The number of benzene rings is 1. The molecule has 0 spiro atoms. The Morgan fingerprint density at radius 3 is 2.70 bits per heavy atom. The summed E-state index contributed by atoms with van der Waals surface area (Å²) in [6.07, 6.45) is 3.05. The van der Waals surface area contributed by atoms with Crippen molar-refractivity contribution in [3.8, 4) is 0 Å². The maximum atomic E-state index is 12.1. The van der Waals surface area contributed by atoms with E-state index in [2.05, 4.69) is 22.8 Å². The Labute approximate surface area is 143 Å². The molecule has 1 unspecified atom stereocenters. The summed E-state index contributed by atoms with van der Waals surface area (Å²) in [5.74, 6) is -0.409. The van der Waals surface area contributed by atoms with Crippen molar-refractivity contribution >= 4 is 24.2 Å². The highest BCUT2D eigenvalue weighted by Gasteiger charge is 2.22. The molecular formula is C17H26ClN3O2. The van der Waals surface area contributed by atoms with Crippen LogP contribution in [0.3, 0.4) is 0 Å². The predicted molar refractivity (Wildman–Crippen MR) is 93.3 cm³/mol. The highest BCUT2D eigenvalue weighted by atomic mass is 35.5. The zero-order valence-corrected chi connectivity index (χ0v) is 14.5. The molecule has 0 bridgehead atoms. The molecule has 0 heterocycles. The Bertz CT molecular complexity index is 548. The topological polar surface area (TPSA) is 84.2 Å². The molecule has 0 aliphatic heterocycles. The van der Waals surface area contributed by atoms with Crippen LogP contribution in [0.15, 0.2) is 24.3 Å². The zero-order chi connectivity index (χ0) is 16.1. The monoisotopic (exact) mass is 339 g/mol. The average molecular weight is 340 g/mol. The zero-order valence-electron chi connectivity index (χ0n) is 13.7. The molecule has 2 atom stereocenters. The van der Waals surface area contributed by atoms with Crippen LogP contribution < -0.4 is 16.4 Å². The number of nitrogens with two attached hydrogens (primary N) is 1. The van der Waals surface area contributed by atoms with Gasteiger partial charge in [-0.25, -0.2) is 0 Å². The van der Waals surface area contributed by atoms with Crippen molar-refractivity contribution in [3.05, 3.63) is 35.4 Å². The summed E-state index contributed by atoms with van der Waals surface area (Å²) in [6.45, 7) is 3.73. The molecule has 4 N–H and O–H groups in total. The maximum Gasteiger partial charge on any atom is 0.239 e. The lowest BCUT2D eigenvalue weighted by atomic mass is 9.88. The first-order chi connectivity index (χ1) is 10.5. The average Bonchev–Trinajstić information content (AvgIpc) is 2.52. The quantitative estimate of drug-likeness (QED) is 0.763. The second-order valence-corrected chi connectivity index (χ2v) is 6.20. The molecule has 1 aromatic rings. The van der Waals surface area contributed by atoms with E-state index in [-0.39, 0.29) is 42.7 Å². The molecule has 0 saturated carbocycles. The van der Waals surface area contributed by atoms with Crippen LogP contribution in [0.2, 0.25) is 0 Å². The van der Waals surface area contributed by atoms with E-state index in [9.17, 15) is 9.59 Å². The first-order valence-corrected chi connectivity index (χ1v) is 7.89. The normalized spacial score (nSPS) is 17.7. The number of nitrogens with one attached hydrogen (secondary N) is 2. The van der Waals surface area contributed by atoms with Gasteiger partial charge in [0.05, 0.1) is 18.6 Å². The van der Waals surface area contributed by atoms with Crippen LogP contribution in [0.25, 0.3) is 0 Å². The molecule has 0 aromatic heterocycles. The second kappa shape index (κ2) is 8.89. The van der Waals surface area contributed by atoms with Crippen molar-refractivity contribution < 1.29 is 9.59 Å². The minimum absolute atomic E-state index is 0. The van der Waals surface area contributed by atoms with Crippen LogP contribution in [0, 0.1) is 5.92 Å². The number of hydrogen-bond donors (Lipinski definition) is 3. The summed E-state index contributed by atoms with van der Waals surface area (Å²) in [6, 6.07) is 7.64. The van der Waals surface area contributed by atoms with Crippen LogP contribution >= 0.6 is 12.4 Å². The summed E-state index contributed by atoms with van der Waals surface area (Å²) in [7, 11) is 0. The van der Waals surface area contributed by atoms with Gasteiger partial charge in [0.15, 0.2) is 0 Å². The molecule has 5 nitrogen and oxygen atoms in total. The lowest BCUT2D eigenvalue weighted by Crippen LogP contribution is -2.47. The van der Waals surface area contributed by atoms with Gasteiger partial charge in [-0.3, -0.25) is 9.59 Å². The SMILES string of the molecule is CC(C)[C@H](N)C(=O)NCC(=O)NC1CCCc2ccccc21.Cl. The van der Waals surface area contributed by atoms with Crippen LogP contribution in [-0.4, -0.2) is 24.4 Å². The molecule has 1 aliphatic rings. The highest BCUT2D eigenvalue weighted by molar-refractivity contribution is 5.87. The number of hydrogen-bond acceptors (Lipinski definition) is 3. The maximum absolute atomic E-state index is 12.1. The minimum Gasteiger partial charge on any atom is -0.348 e. The van der Waals surface area contributed by atoms with Crippen LogP contribution in [0.5, 0.6) is 0 Å². The molecule has 6 heteroatoms. The third kappa shape index (κ3) is 5.22. The number of carbonyl (C=O) groups is 2. The standard InChI is InChI=1S/C17H25N3O2.ClH/c1-11(2)16(18)17(22)19-10-15(21)20-14-9-5-7-12-6-3-4-8-13(12)14;/h3-4,6,8,11,14,16H,5,7,9-10,18H2,1-2H3,(H,19,22)(H,20,21);1H/t14?,16-;/m0./s1. The van der Waals surface area contributed by atoms with Gasteiger partial charge in [-0.05, 0) is 36.3 Å². The summed E-state index contributed by atoms with van der Waals surface area (Å²) in [5, 5.41) is 5.61. The van der Waals surface area contributed by atoms with E-state index in [1.165, 1.54) is 11.1 Å². The number of halogens is 1. The first-order valence-electron chi connectivity index (χ1n) is 7.89. The summed E-state index contributed by atoms with van der Waals surface area (Å²) in [5.41, 5.74) is 8.23. The molecule has 23 heavy (non-hydrogen) atoms. The molecule has 1 aliphatic carbocycles. The number of fused-ring (bicyclic) bond motifs is 1. The van der Waals surface area contributed by atoms with Crippen molar-refractivity contribution in [3.63, 3.8) is 0 Å². The van der Waals surface area contributed by atoms with Gasteiger partial charge in [-0.1, -0.05) is 38.1 Å². The predicted octanol–water partition coefficient (Wildman–Crippen LogP) is 1.70. The Morgan fingerprint density at radius 1 is 1.30 bits per heavy atom. The van der Waals surface area contributed by atoms with Gasteiger partial charge in [-0.15, -0.1) is 12.4 Å². The Balaban J connectivity index is 0.00000264. The Hall–Kier alpha value is -1.59. The largest absolute Gasteiger partial charge is 0.348 e. The van der Waals surface area contributed by atoms with Crippen molar-refractivity contribution in [2.45, 2.75) is 45.2 Å². The number of carbonyl (C=O) groups excluding carboxylic acids is 2. The van der Waals surface area contributed by atoms with Crippen LogP contribution in [0.1, 0.15) is 43.9 Å². The Kier molecular flexibility index (Phi) is 7.52. The minimum atomic E-state index is -0.580. The van der Waals surface area contributed by atoms with Gasteiger partial charge >= 0.3 is 0 Å². The fourth-order valence-electron chi connectivity index (χ4n) is 2.74. The molecule has 2 rings (SSSR count). The molecule has 2 amide bonds. The molecule has 128 valence electrons. The van der Waals surface area contributed by atoms with E-state index in [0.29, 0.717) is 0 Å². The van der Waals surface area contributed by atoms with Gasteiger partial charge in [0.25, 0.3) is 0 Å². The van der Waals surface area contributed by atoms with Crippen molar-refractivity contribution in [1.82, 2.24) is 10.6 Å². The van der Waals surface area contributed by atoms with Gasteiger partial charge in [-0.2, -0.15) is 0 Å². The van der Waals surface area contributed by atoms with Gasteiger partial charge in [0, 0.05) is 0 Å². The Morgan fingerprint density at radius 2 is 2.00 bits per heavy atom. The lowest BCUT2D eigenvalue weighted by Gasteiger charge is -2.26. The van der Waals surface area contributed by atoms with Gasteiger partial charge in [0.2, 0.25) is 11.8 Å². The number of amides is 2. The smallest absolute Gasteiger partial charge is 0.239 e. The third-order valence-electron chi connectivity index (χ3n) is 4.15. The van der Waals surface area contributed by atoms with Crippen LogP contribution in [0.4, 0.5) is 0 Å². The van der Waals surface area contributed by atoms with E-state index >= 15 is 0 Å². The van der Waals surface area contributed by atoms with Crippen molar-refractivity contribution in [2.24, 2.45) is 11.7 Å². The fraction of sp³-hybridized carbons (Fsp3) is 0.529. The molecule has 0 fully saturated rings. The fourth-order valence-corrected chi connectivity index (χ4v) is 2.74. The molecule has 0 saturated heterocycles. The van der Waals surface area contributed by atoms with Crippen molar-refractivity contribution in [1.29, 1.82) is 0 Å². The van der Waals surface area contributed by atoms with Gasteiger partial charge < -0.3 is 16.4 Å². The highest BCUT2D eigenvalue weighted by Crippen LogP contribution is 2.29. The van der Waals surface area contributed by atoms with E-state index in [1.807, 2.05) is 26.0 Å². The number of rotatable bonds is 5. The summed E-state index contributed by atoms with van der Waals surface area (Å²) >= 11 is 0. The van der Waals surface area contributed by atoms with E-state index in [0.717, 1.165) is 19.3 Å². The van der Waals surface area contributed by atoms with Gasteiger partial charge in [0.1, 0.15) is 0 Å². The lowest BCUT2D eigenvalue weighted by molar-refractivity contribution is -0.127. The van der Waals surface area contributed by atoms with Crippen molar-refractivity contribution in [2.75, 3.05) is 6.54 Å². The second-order valence-electron chi connectivity index (χ2n) is 6.20. The summed E-state index contributed by atoms with van der Waals surface area (Å²) in [4.78, 5) is 23.8. The molecule has 0 radical (unpaired) electrons. The van der Waals surface area contributed by atoms with E-state index in [1.54, 1.807) is 0 Å². The molecule has 1 aromatic carbocycles. The van der Waals surface area contributed by atoms with E-state index < -0.39 is 6.04 Å². The van der Waals surface area contributed by atoms with Crippen LogP contribution in [-0.2, 0) is 16.0 Å². The summed E-state index contributed by atoms with van der Waals surface area (Å²) < 4.78 is 0. The molecular weight excluding hydrogens is 314 g/mol. The van der Waals surface area contributed by atoms with E-state index in [4.69, 9.17) is 5.73 Å². The number of aryl methyl sites for hydroxylation is 1. The third-order valence-corrected chi connectivity index (χ3v) is 4.15.